The molecule has 0 bridgehead atoms. The predicted molar refractivity (Wildman–Crippen MR) is 68.6 cm³/mol. The van der Waals surface area contributed by atoms with Crippen molar-refractivity contribution in [3.05, 3.63) is 39.4 Å². The van der Waals surface area contributed by atoms with Gasteiger partial charge >= 0.3 is 0 Å². The van der Waals surface area contributed by atoms with Gasteiger partial charge < -0.3 is 0 Å². The van der Waals surface area contributed by atoms with Crippen LogP contribution < -0.4 is 5.48 Å². The van der Waals surface area contributed by atoms with Crippen molar-refractivity contribution in [2.24, 2.45) is 0 Å². The van der Waals surface area contributed by atoms with E-state index in [1.165, 1.54) is 6.07 Å². The summed E-state index contributed by atoms with van der Waals surface area (Å²) in [6.07, 6.45) is 4.02. The second-order valence-electron chi connectivity index (χ2n) is 4.68. The van der Waals surface area contributed by atoms with Gasteiger partial charge in [-0.1, -0.05) is 25.0 Å². The van der Waals surface area contributed by atoms with E-state index in [0.29, 0.717) is 5.56 Å². The van der Waals surface area contributed by atoms with Crippen LogP contribution in [0.15, 0.2) is 18.2 Å². The molecule has 1 aliphatic rings. The van der Waals surface area contributed by atoms with Crippen LogP contribution in [-0.4, -0.2) is 16.9 Å². The standard InChI is InChI=1S/C13H16N2O4/c1-9-5-4-8-11(12(9)15(17)18)13(16)14-19-10-6-2-3-7-10/h4-5,8,10H,2-3,6-7H2,1H3,(H,14,16). The third-order valence-electron chi connectivity index (χ3n) is 3.29. The minimum absolute atomic E-state index is 0.0211. The maximum atomic E-state index is 11.9. The minimum Gasteiger partial charge on any atom is -0.270 e. The fourth-order valence-electron chi connectivity index (χ4n) is 2.28. The third kappa shape index (κ3) is 3.08. The topological polar surface area (TPSA) is 81.5 Å². The van der Waals surface area contributed by atoms with Crippen LogP contribution >= 0.6 is 0 Å². The van der Waals surface area contributed by atoms with Crippen molar-refractivity contribution in [3.63, 3.8) is 0 Å². The fraction of sp³-hybridized carbons (Fsp3) is 0.462. The van der Waals surface area contributed by atoms with Gasteiger partial charge in [0.15, 0.2) is 0 Å². The first kappa shape index (κ1) is 13.5. The van der Waals surface area contributed by atoms with Gasteiger partial charge in [-0.05, 0) is 25.8 Å². The highest BCUT2D eigenvalue weighted by atomic mass is 16.7. The molecule has 1 aliphatic carbocycles. The molecule has 102 valence electrons. The molecule has 1 aromatic rings. The molecule has 19 heavy (non-hydrogen) atoms. The maximum absolute atomic E-state index is 11.9. The highest BCUT2D eigenvalue weighted by molar-refractivity contribution is 5.98. The molecular weight excluding hydrogens is 248 g/mol. The van der Waals surface area contributed by atoms with Crippen LogP contribution in [0.25, 0.3) is 0 Å². The number of carbonyl (C=O) groups excluding carboxylic acids is 1. The van der Waals surface area contributed by atoms with Gasteiger partial charge in [0.05, 0.1) is 11.0 Å². The Bertz CT molecular complexity index is 495. The van der Waals surface area contributed by atoms with Crippen LogP contribution in [0.1, 0.15) is 41.6 Å². The first-order valence-electron chi connectivity index (χ1n) is 6.29. The Labute approximate surface area is 110 Å². The van der Waals surface area contributed by atoms with Gasteiger partial charge in [-0.2, -0.15) is 0 Å². The van der Waals surface area contributed by atoms with E-state index >= 15 is 0 Å². The molecule has 1 amide bonds. The largest absolute Gasteiger partial charge is 0.285 e. The summed E-state index contributed by atoms with van der Waals surface area (Å²) < 4.78 is 0. The van der Waals surface area contributed by atoms with E-state index < -0.39 is 10.8 Å². The van der Waals surface area contributed by atoms with Crippen molar-refractivity contribution < 1.29 is 14.6 Å². The van der Waals surface area contributed by atoms with E-state index in [2.05, 4.69) is 5.48 Å². The molecule has 2 rings (SSSR count). The Morgan fingerprint density at radius 1 is 1.42 bits per heavy atom. The summed E-state index contributed by atoms with van der Waals surface area (Å²) in [5.74, 6) is -0.567. The normalized spacial score (nSPS) is 15.4. The lowest BCUT2D eigenvalue weighted by Gasteiger charge is -2.11. The zero-order valence-electron chi connectivity index (χ0n) is 10.7. The number of nitrogens with one attached hydrogen (secondary N) is 1. The number of hydroxylamine groups is 1. The van der Waals surface area contributed by atoms with Crippen molar-refractivity contribution in [1.82, 2.24) is 5.48 Å². The van der Waals surface area contributed by atoms with Crippen LogP contribution in [0.2, 0.25) is 0 Å². The molecule has 1 N–H and O–H groups in total. The minimum atomic E-state index is -0.567. The van der Waals surface area contributed by atoms with E-state index in [4.69, 9.17) is 4.84 Å². The molecule has 6 nitrogen and oxygen atoms in total. The molecule has 0 unspecified atom stereocenters. The van der Waals surface area contributed by atoms with E-state index in [-0.39, 0.29) is 17.4 Å². The van der Waals surface area contributed by atoms with Gasteiger partial charge in [-0.15, -0.1) is 0 Å². The van der Waals surface area contributed by atoms with Crippen LogP contribution in [0.3, 0.4) is 0 Å². The first-order valence-corrected chi connectivity index (χ1v) is 6.29. The number of nitrogens with zero attached hydrogens (tertiary/aromatic N) is 1. The summed E-state index contributed by atoms with van der Waals surface area (Å²) in [6.45, 7) is 1.60. The van der Waals surface area contributed by atoms with Gasteiger partial charge in [-0.25, -0.2) is 5.48 Å². The zero-order chi connectivity index (χ0) is 13.8. The molecule has 1 saturated carbocycles. The zero-order valence-corrected chi connectivity index (χ0v) is 10.7. The lowest BCUT2D eigenvalue weighted by molar-refractivity contribution is -0.385. The molecule has 0 spiro atoms. The van der Waals surface area contributed by atoms with E-state index in [1.54, 1.807) is 19.1 Å². The summed E-state index contributed by atoms with van der Waals surface area (Å²) in [7, 11) is 0. The van der Waals surface area contributed by atoms with Gasteiger partial charge in [-0.3, -0.25) is 19.7 Å². The molecule has 0 radical (unpaired) electrons. The Morgan fingerprint density at radius 3 is 2.74 bits per heavy atom. The van der Waals surface area contributed by atoms with Crippen LogP contribution in [0.4, 0.5) is 5.69 Å². The van der Waals surface area contributed by atoms with Gasteiger partial charge in [0, 0.05) is 5.56 Å². The summed E-state index contributed by atoms with van der Waals surface area (Å²) in [5, 5.41) is 11.0. The second kappa shape index (κ2) is 5.79. The van der Waals surface area contributed by atoms with Crippen LogP contribution in [0.5, 0.6) is 0 Å². The molecule has 0 atom stereocenters. The number of rotatable bonds is 4. The number of nitro groups is 1. The van der Waals surface area contributed by atoms with Crippen LogP contribution in [-0.2, 0) is 4.84 Å². The van der Waals surface area contributed by atoms with E-state index in [9.17, 15) is 14.9 Å². The smallest absolute Gasteiger partial charge is 0.270 e. The lowest BCUT2D eigenvalue weighted by Crippen LogP contribution is -2.29. The number of nitro benzene ring substituents is 1. The fourth-order valence-corrected chi connectivity index (χ4v) is 2.28. The summed E-state index contributed by atoms with van der Waals surface area (Å²) in [5.41, 5.74) is 2.64. The van der Waals surface area contributed by atoms with Crippen molar-refractivity contribution in [2.75, 3.05) is 0 Å². The molecular formula is C13H16N2O4. The SMILES string of the molecule is Cc1cccc(C(=O)NOC2CCCC2)c1[N+](=O)[O-]. The quantitative estimate of drug-likeness (QED) is 0.669. The predicted octanol–water partition coefficient (Wildman–Crippen LogP) is 2.51. The molecule has 1 aromatic carbocycles. The van der Waals surface area contributed by atoms with Gasteiger partial charge in [0.25, 0.3) is 11.6 Å². The average molecular weight is 264 g/mol. The Balaban J connectivity index is 2.10. The van der Waals surface area contributed by atoms with Crippen molar-refractivity contribution in [2.45, 2.75) is 38.7 Å². The number of carbonyl (C=O) groups is 1. The molecule has 0 aromatic heterocycles. The Hall–Kier alpha value is -1.95. The number of aryl methyl sites for hydroxylation is 1. The highest BCUT2D eigenvalue weighted by Crippen LogP contribution is 2.24. The molecule has 6 heteroatoms. The van der Waals surface area contributed by atoms with Crippen molar-refractivity contribution >= 4 is 11.6 Å². The highest BCUT2D eigenvalue weighted by Gasteiger charge is 2.24. The number of hydrogen-bond donors (Lipinski definition) is 1. The summed E-state index contributed by atoms with van der Waals surface area (Å²) >= 11 is 0. The molecule has 0 saturated heterocycles. The second-order valence-corrected chi connectivity index (χ2v) is 4.68. The maximum Gasteiger partial charge on any atom is 0.285 e. The lowest BCUT2D eigenvalue weighted by atomic mass is 10.1. The molecule has 0 aliphatic heterocycles. The van der Waals surface area contributed by atoms with E-state index in [0.717, 1.165) is 25.7 Å². The van der Waals surface area contributed by atoms with Crippen LogP contribution in [0, 0.1) is 17.0 Å². The number of amides is 1. The summed E-state index contributed by atoms with van der Waals surface area (Å²) in [6, 6.07) is 4.65. The van der Waals surface area contributed by atoms with E-state index in [1.807, 2.05) is 0 Å². The molecule has 0 heterocycles. The van der Waals surface area contributed by atoms with Gasteiger partial charge in [0.2, 0.25) is 0 Å². The molecule has 1 fully saturated rings. The Kier molecular flexibility index (Phi) is 4.11. The number of para-hydroxylation sites is 1. The monoisotopic (exact) mass is 264 g/mol. The van der Waals surface area contributed by atoms with Gasteiger partial charge in [0.1, 0.15) is 5.56 Å². The summed E-state index contributed by atoms with van der Waals surface area (Å²) in [4.78, 5) is 27.7. The third-order valence-corrected chi connectivity index (χ3v) is 3.29. The average Bonchev–Trinajstić information content (AvgIpc) is 2.88. The first-order chi connectivity index (χ1) is 9.09. The Morgan fingerprint density at radius 2 is 2.11 bits per heavy atom. The number of benzene rings is 1. The number of hydrogen-bond acceptors (Lipinski definition) is 4. The van der Waals surface area contributed by atoms with Crippen molar-refractivity contribution in [3.8, 4) is 0 Å². The van der Waals surface area contributed by atoms with Crippen molar-refractivity contribution in [1.29, 1.82) is 0 Å².